The van der Waals surface area contributed by atoms with Crippen LogP contribution in [0, 0.1) is 0 Å². The quantitative estimate of drug-likeness (QED) is 0.721. The molecule has 0 aliphatic rings. The van der Waals surface area contributed by atoms with Gasteiger partial charge in [0.15, 0.2) is 0 Å². The molecule has 0 spiro atoms. The second-order valence-corrected chi connectivity index (χ2v) is 6.07. The zero-order valence-electron chi connectivity index (χ0n) is 13.3. The Morgan fingerprint density at radius 2 is 1.75 bits per heavy atom. The number of nitrogens with one attached hydrogen (secondary N) is 1. The standard InChI is InChI=1S/C18H19ClN4O/c1-13(20-12-18(24)15-2-6-16(19)7-3-15)14-4-8-17(9-5-14)23-11-10-21-22-23/h2-11,13,18,20,24H,12H2,1H3. The molecule has 3 aromatic rings. The third-order valence-electron chi connectivity index (χ3n) is 3.95. The second-order valence-electron chi connectivity index (χ2n) is 5.64. The number of benzene rings is 2. The predicted molar refractivity (Wildman–Crippen MR) is 94.2 cm³/mol. The highest BCUT2D eigenvalue weighted by Crippen LogP contribution is 2.19. The SMILES string of the molecule is CC(NCC(O)c1ccc(Cl)cc1)c1ccc(-n2ccnn2)cc1. The van der Waals surface area contributed by atoms with Gasteiger partial charge in [-0.1, -0.05) is 41.1 Å². The van der Waals surface area contributed by atoms with Crippen LogP contribution < -0.4 is 5.32 Å². The van der Waals surface area contributed by atoms with Crippen molar-refractivity contribution in [3.63, 3.8) is 0 Å². The average molecular weight is 343 g/mol. The summed E-state index contributed by atoms with van der Waals surface area (Å²) in [5, 5.41) is 22.0. The molecule has 0 saturated heterocycles. The van der Waals surface area contributed by atoms with E-state index in [4.69, 9.17) is 11.6 Å². The zero-order chi connectivity index (χ0) is 16.9. The predicted octanol–water partition coefficient (Wildman–Crippen LogP) is 3.30. The largest absolute Gasteiger partial charge is 0.387 e. The Hall–Kier alpha value is -2.21. The molecule has 1 heterocycles. The lowest BCUT2D eigenvalue weighted by Crippen LogP contribution is -2.24. The van der Waals surface area contributed by atoms with E-state index >= 15 is 0 Å². The fourth-order valence-corrected chi connectivity index (χ4v) is 2.60. The molecule has 1 aromatic heterocycles. The Bertz CT molecular complexity index is 757. The molecule has 0 saturated carbocycles. The van der Waals surface area contributed by atoms with Gasteiger partial charge in [0, 0.05) is 17.6 Å². The van der Waals surface area contributed by atoms with Gasteiger partial charge in [-0.05, 0) is 42.3 Å². The van der Waals surface area contributed by atoms with Crippen LogP contribution in [0.2, 0.25) is 5.02 Å². The molecular weight excluding hydrogens is 324 g/mol. The van der Waals surface area contributed by atoms with Crippen LogP contribution in [0.5, 0.6) is 0 Å². The number of aromatic nitrogens is 3. The van der Waals surface area contributed by atoms with Gasteiger partial charge in [0.25, 0.3) is 0 Å². The molecule has 6 heteroatoms. The topological polar surface area (TPSA) is 63.0 Å². The van der Waals surface area contributed by atoms with Crippen molar-refractivity contribution in [3.8, 4) is 5.69 Å². The van der Waals surface area contributed by atoms with E-state index in [-0.39, 0.29) is 6.04 Å². The summed E-state index contributed by atoms with van der Waals surface area (Å²) in [7, 11) is 0. The molecule has 3 rings (SSSR count). The Balaban J connectivity index is 1.58. The van der Waals surface area contributed by atoms with Crippen molar-refractivity contribution < 1.29 is 5.11 Å². The molecule has 0 amide bonds. The molecule has 5 nitrogen and oxygen atoms in total. The summed E-state index contributed by atoms with van der Waals surface area (Å²) < 4.78 is 1.71. The van der Waals surface area contributed by atoms with E-state index in [9.17, 15) is 5.11 Å². The highest BCUT2D eigenvalue weighted by atomic mass is 35.5. The van der Waals surface area contributed by atoms with Crippen molar-refractivity contribution in [2.24, 2.45) is 0 Å². The zero-order valence-corrected chi connectivity index (χ0v) is 14.1. The van der Waals surface area contributed by atoms with Crippen LogP contribution in [0.15, 0.2) is 60.9 Å². The van der Waals surface area contributed by atoms with Crippen LogP contribution in [-0.4, -0.2) is 26.6 Å². The normalized spacial score (nSPS) is 13.6. The van der Waals surface area contributed by atoms with Crippen molar-refractivity contribution >= 4 is 11.6 Å². The van der Waals surface area contributed by atoms with Crippen LogP contribution in [0.1, 0.15) is 30.2 Å². The number of nitrogens with zero attached hydrogens (tertiary/aromatic N) is 3. The minimum Gasteiger partial charge on any atom is -0.387 e. The monoisotopic (exact) mass is 342 g/mol. The average Bonchev–Trinajstić information content (AvgIpc) is 3.15. The van der Waals surface area contributed by atoms with Crippen molar-refractivity contribution in [1.82, 2.24) is 20.3 Å². The van der Waals surface area contributed by atoms with Gasteiger partial charge in [-0.3, -0.25) is 0 Å². The van der Waals surface area contributed by atoms with Gasteiger partial charge < -0.3 is 10.4 Å². The van der Waals surface area contributed by atoms with Gasteiger partial charge in [-0.2, -0.15) is 0 Å². The van der Waals surface area contributed by atoms with Crippen LogP contribution in [0.25, 0.3) is 5.69 Å². The minimum absolute atomic E-state index is 0.122. The number of aliphatic hydroxyl groups is 1. The summed E-state index contributed by atoms with van der Waals surface area (Å²) in [5.41, 5.74) is 2.95. The third-order valence-corrected chi connectivity index (χ3v) is 4.20. The maximum absolute atomic E-state index is 10.3. The summed E-state index contributed by atoms with van der Waals surface area (Å²) in [4.78, 5) is 0. The fraction of sp³-hybridized carbons (Fsp3) is 0.222. The highest BCUT2D eigenvalue weighted by molar-refractivity contribution is 6.30. The molecular formula is C18H19ClN4O. The van der Waals surface area contributed by atoms with Gasteiger partial charge in [-0.15, -0.1) is 5.10 Å². The number of hydrogen-bond acceptors (Lipinski definition) is 4. The lowest BCUT2D eigenvalue weighted by molar-refractivity contribution is 0.171. The second kappa shape index (κ2) is 7.57. The summed E-state index contributed by atoms with van der Waals surface area (Å²) in [6.07, 6.45) is 2.88. The first-order valence-corrected chi connectivity index (χ1v) is 8.15. The van der Waals surface area contributed by atoms with Crippen molar-refractivity contribution in [3.05, 3.63) is 77.1 Å². The van der Waals surface area contributed by atoms with E-state index in [1.54, 1.807) is 29.2 Å². The molecule has 0 bridgehead atoms. The summed E-state index contributed by atoms with van der Waals surface area (Å²) in [6, 6.07) is 15.5. The molecule has 0 aliphatic heterocycles. The van der Waals surface area contributed by atoms with Crippen molar-refractivity contribution in [2.75, 3.05) is 6.54 Å². The first-order chi connectivity index (χ1) is 11.6. The van der Waals surface area contributed by atoms with E-state index in [1.807, 2.05) is 36.4 Å². The van der Waals surface area contributed by atoms with Crippen molar-refractivity contribution in [1.29, 1.82) is 0 Å². The van der Waals surface area contributed by atoms with Crippen LogP contribution in [0.3, 0.4) is 0 Å². The van der Waals surface area contributed by atoms with Gasteiger partial charge in [-0.25, -0.2) is 4.68 Å². The first kappa shape index (κ1) is 16.6. The van der Waals surface area contributed by atoms with Gasteiger partial charge in [0.1, 0.15) is 0 Å². The number of rotatable bonds is 6. The van der Waals surface area contributed by atoms with E-state index in [0.29, 0.717) is 11.6 Å². The fourth-order valence-electron chi connectivity index (χ4n) is 2.47. The summed E-state index contributed by atoms with van der Waals surface area (Å²) in [6.45, 7) is 2.53. The number of halogens is 1. The maximum atomic E-state index is 10.3. The van der Waals surface area contributed by atoms with Crippen LogP contribution >= 0.6 is 11.6 Å². The Labute approximate surface area is 145 Å². The molecule has 2 aromatic carbocycles. The molecule has 2 unspecified atom stereocenters. The Morgan fingerprint density at radius 3 is 2.38 bits per heavy atom. The van der Waals surface area contributed by atoms with Crippen molar-refractivity contribution in [2.45, 2.75) is 19.1 Å². The number of hydrogen-bond donors (Lipinski definition) is 2. The van der Waals surface area contributed by atoms with E-state index < -0.39 is 6.10 Å². The van der Waals surface area contributed by atoms with Crippen LogP contribution in [-0.2, 0) is 0 Å². The lowest BCUT2D eigenvalue weighted by Gasteiger charge is -2.18. The Kier molecular flexibility index (Phi) is 5.25. The maximum Gasteiger partial charge on any atom is 0.0914 e. The van der Waals surface area contributed by atoms with E-state index in [2.05, 4.69) is 22.6 Å². The smallest absolute Gasteiger partial charge is 0.0914 e. The van der Waals surface area contributed by atoms with Gasteiger partial charge >= 0.3 is 0 Å². The molecule has 24 heavy (non-hydrogen) atoms. The third kappa shape index (κ3) is 4.00. The summed E-state index contributed by atoms with van der Waals surface area (Å²) >= 11 is 5.87. The summed E-state index contributed by atoms with van der Waals surface area (Å²) in [5.74, 6) is 0. The molecule has 0 fully saturated rings. The molecule has 2 atom stereocenters. The van der Waals surface area contributed by atoms with E-state index in [0.717, 1.165) is 16.8 Å². The van der Waals surface area contributed by atoms with Gasteiger partial charge in [0.2, 0.25) is 0 Å². The molecule has 0 aliphatic carbocycles. The molecule has 124 valence electrons. The Morgan fingerprint density at radius 1 is 1.08 bits per heavy atom. The van der Waals surface area contributed by atoms with Crippen LogP contribution in [0.4, 0.5) is 0 Å². The van der Waals surface area contributed by atoms with Gasteiger partial charge in [0.05, 0.1) is 24.2 Å². The van der Waals surface area contributed by atoms with E-state index in [1.165, 1.54) is 0 Å². The molecule has 0 radical (unpaired) electrons. The lowest BCUT2D eigenvalue weighted by atomic mass is 10.1. The molecule has 2 N–H and O–H groups in total. The highest BCUT2D eigenvalue weighted by Gasteiger charge is 2.11. The first-order valence-electron chi connectivity index (χ1n) is 7.77. The minimum atomic E-state index is -0.570. The number of aliphatic hydroxyl groups excluding tert-OH is 1.